The summed E-state index contributed by atoms with van der Waals surface area (Å²) in [6, 6.07) is 6.81. The summed E-state index contributed by atoms with van der Waals surface area (Å²) in [6.45, 7) is 3.12. The first-order valence-electron chi connectivity index (χ1n) is 8.19. The SMILES string of the molecule is COc1ccccc1S(=O)(=O)N1CCC(CSc2nc(C)cs2)CC1. The number of nitrogens with zero attached hydrogens (tertiary/aromatic N) is 2. The summed E-state index contributed by atoms with van der Waals surface area (Å²) in [4.78, 5) is 4.72. The molecule has 0 saturated carbocycles. The van der Waals surface area contributed by atoms with E-state index in [1.807, 2.05) is 6.92 Å². The van der Waals surface area contributed by atoms with E-state index in [4.69, 9.17) is 4.74 Å². The molecule has 0 unspecified atom stereocenters. The maximum Gasteiger partial charge on any atom is 0.246 e. The second-order valence-electron chi connectivity index (χ2n) is 6.06. The fourth-order valence-corrected chi connectivity index (χ4v) is 6.56. The number of thiazole rings is 1. The summed E-state index contributed by atoms with van der Waals surface area (Å²) in [7, 11) is -2.00. The molecule has 0 bridgehead atoms. The summed E-state index contributed by atoms with van der Waals surface area (Å²) in [5.41, 5.74) is 1.06. The summed E-state index contributed by atoms with van der Waals surface area (Å²) in [6.07, 6.45) is 1.76. The first-order chi connectivity index (χ1) is 12.0. The van der Waals surface area contributed by atoms with Crippen molar-refractivity contribution in [1.82, 2.24) is 9.29 Å². The Balaban J connectivity index is 1.59. The van der Waals surface area contributed by atoms with Crippen molar-refractivity contribution < 1.29 is 13.2 Å². The van der Waals surface area contributed by atoms with E-state index in [1.54, 1.807) is 51.7 Å². The molecule has 136 valence electrons. The minimum Gasteiger partial charge on any atom is -0.495 e. The van der Waals surface area contributed by atoms with Crippen LogP contribution in [-0.2, 0) is 10.0 Å². The van der Waals surface area contributed by atoms with Crippen LogP contribution in [0.3, 0.4) is 0 Å². The number of aryl methyl sites for hydroxylation is 1. The van der Waals surface area contributed by atoms with E-state index in [0.717, 1.165) is 28.6 Å². The minimum absolute atomic E-state index is 0.253. The van der Waals surface area contributed by atoms with E-state index in [1.165, 1.54) is 7.11 Å². The number of aromatic nitrogens is 1. The van der Waals surface area contributed by atoms with Gasteiger partial charge in [-0.3, -0.25) is 0 Å². The standard InChI is InChI=1S/C17H22N2O3S3/c1-13-11-23-17(18-13)24-12-14-7-9-19(10-8-14)25(20,21)16-6-4-3-5-15(16)22-2/h3-6,11,14H,7-10,12H2,1-2H3. The van der Waals surface area contributed by atoms with Gasteiger partial charge in [0.05, 0.1) is 7.11 Å². The molecule has 1 aromatic heterocycles. The Morgan fingerprint density at radius 3 is 2.68 bits per heavy atom. The van der Waals surface area contributed by atoms with E-state index < -0.39 is 10.0 Å². The van der Waals surface area contributed by atoms with Crippen LogP contribution in [0.2, 0.25) is 0 Å². The monoisotopic (exact) mass is 398 g/mol. The first-order valence-corrected chi connectivity index (χ1v) is 11.5. The second-order valence-corrected chi connectivity index (χ2v) is 10.1. The van der Waals surface area contributed by atoms with Crippen molar-refractivity contribution in [3.8, 4) is 5.75 Å². The lowest BCUT2D eigenvalue weighted by Gasteiger charge is -2.31. The van der Waals surface area contributed by atoms with E-state index in [-0.39, 0.29) is 4.90 Å². The summed E-state index contributed by atoms with van der Waals surface area (Å²) in [5.74, 6) is 1.92. The van der Waals surface area contributed by atoms with Gasteiger partial charge in [-0.05, 0) is 37.8 Å². The molecule has 25 heavy (non-hydrogen) atoms. The highest BCUT2D eigenvalue weighted by molar-refractivity contribution is 8.01. The molecule has 0 N–H and O–H groups in total. The molecule has 1 aliphatic rings. The molecule has 1 saturated heterocycles. The van der Waals surface area contributed by atoms with Crippen LogP contribution in [0.5, 0.6) is 5.75 Å². The lowest BCUT2D eigenvalue weighted by Crippen LogP contribution is -2.39. The maximum absolute atomic E-state index is 12.9. The molecule has 2 heterocycles. The van der Waals surface area contributed by atoms with Gasteiger partial charge in [0.15, 0.2) is 0 Å². The Labute approximate surface area is 157 Å². The molecular weight excluding hydrogens is 376 g/mol. The average Bonchev–Trinajstić information content (AvgIpc) is 3.05. The van der Waals surface area contributed by atoms with Crippen LogP contribution in [0.4, 0.5) is 0 Å². The fraction of sp³-hybridized carbons (Fsp3) is 0.471. The molecule has 0 aliphatic carbocycles. The molecule has 2 aromatic rings. The third kappa shape index (κ3) is 4.36. The molecule has 5 nitrogen and oxygen atoms in total. The van der Waals surface area contributed by atoms with Gasteiger partial charge in [0, 0.05) is 29.9 Å². The van der Waals surface area contributed by atoms with Gasteiger partial charge in [-0.1, -0.05) is 23.9 Å². The van der Waals surface area contributed by atoms with E-state index >= 15 is 0 Å². The number of hydrogen-bond acceptors (Lipinski definition) is 6. The molecule has 0 radical (unpaired) electrons. The molecule has 0 amide bonds. The quantitative estimate of drug-likeness (QED) is 0.695. The average molecular weight is 399 g/mol. The van der Waals surface area contributed by atoms with Gasteiger partial charge in [0.2, 0.25) is 10.0 Å². The number of piperidine rings is 1. The van der Waals surface area contributed by atoms with Crippen LogP contribution in [0.1, 0.15) is 18.5 Å². The number of thioether (sulfide) groups is 1. The first kappa shape index (κ1) is 18.7. The highest BCUT2D eigenvalue weighted by atomic mass is 32.2. The number of sulfonamides is 1. The van der Waals surface area contributed by atoms with Crippen LogP contribution in [0.25, 0.3) is 0 Å². The Hall–Kier alpha value is -1.09. The van der Waals surface area contributed by atoms with Crippen molar-refractivity contribution in [1.29, 1.82) is 0 Å². The van der Waals surface area contributed by atoms with Gasteiger partial charge in [-0.15, -0.1) is 11.3 Å². The zero-order chi connectivity index (χ0) is 17.9. The topological polar surface area (TPSA) is 59.5 Å². The van der Waals surface area contributed by atoms with Gasteiger partial charge < -0.3 is 4.74 Å². The van der Waals surface area contributed by atoms with Crippen molar-refractivity contribution >= 4 is 33.1 Å². The van der Waals surface area contributed by atoms with E-state index in [2.05, 4.69) is 10.4 Å². The van der Waals surface area contributed by atoms with Crippen molar-refractivity contribution in [3.63, 3.8) is 0 Å². The molecule has 0 spiro atoms. The number of ether oxygens (including phenoxy) is 1. The van der Waals surface area contributed by atoms with Crippen LogP contribution in [0.15, 0.2) is 38.9 Å². The van der Waals surface area contributed by atoms with Gasteiger partial charge in [0.25, 0.3) is 0 Å². The number of para-hydroxylation sites is 1. The van der Waals surface area contributed by atoms with Gasteiger partial charge in [-0.25, -0.2) is 13.4 Å². The second kappa shape index (κ2) is 8.07. The van der Waals surface area contributed by atoms with Gasteiger partial charge in [-0.2, -0.15) is 4.31 Å². The number of hydrogen-bond donors (Lipinski definition) is 0. The molecule has 3 rings (SSSR count). The summed E-state index contributed by atoms with van der Waals surface area (Å²) < 4.78 is 33.7. The Morgan fingerprint density at radius 2 is 2.04 bits per heavy atom. The molecule has 8 heteroatoms. The van der Waals surface area contributed by atoms with Crippen molar-refractivity contribution in [3.05, 3.63) is 35.3 Å². The molecule has 1 aromatic carbocycles. The number of methoxy groups -OCH3 is 1. The zero-order valence-corrected chi connectivity index (χ0v) is 16.8. The lowest BCUT2D eigenvalue weighted by molar-refractivity contribution is 0.290. The number of rotatable bonds is 6. The molecule has 0 atom stereocenters. The maximum atomic E-state index is 12.9. The Bertz CT molecular complexity index is 812. The molecule has 1 aliphatic heterocycles. The largest absolute Gasteiger partial charge is 0.495 e. The third-order valence-electron chi connectivity index (χ3n) is 4.30. The molecule has 1 fully saturated rings. The molecular formula is C17H22N2O3S3. The zero-order valence-electron chi connectivity index (χ0n) is 14.3. The van der Waals surface area contributed by atoms with Crippen molar-refractivity contribution in [2.24, 2.45) is 5.92 Å². The predicted octanol–water partition coefficient (Wildman–Crippen LogP) is 3.65. The van der Waals surface area contributed by atoms with Crippen LogP contribution < -0.4 is 4.74 Å². The van der Waals surface area contributed by atoms with Crippen LogP contribution >= 0.6 is 23.1 Å². The highest BCUT2D eigenvalue weighted by Crippen LogP contribution is 2.32. The van der Waals surface area contributed by atoms with Crippen LogP contribution in [-0.4, -0.2) is 43.7 Å². The smallest absolute Gasteiger partial charge is 0.246 e. The van der Waals surface area contributed by atoms with E-state index in [9.17, 15) is 8.42 Å². The summed E-state index contributed by atoms with van der Waals surface area (Å²) >= 11 is 3.45. The van der Waals surface area contributed by atoms with Gasteiger partial charge in [0.1, 0.15) is 15.0 Å². The third-order valence-corrected chi connectivity index (χ3v) is 8.61. The number of benzene rings is 1. The Kier molecular flexibility index (Phi) is 6.04. The van der Waals surface area contributed by atoms with Crippen molar-refractivity contribution in [2.45, 2.75) is 29.0 Å². The summed E-state index contributed by atoms with van der Waals surface area (Å²) in [5, 5.41) is 2.06. The highest BCUT2D eigenvalue weighted by Gasteiger charge is 2.31. The van der Waals surface area contributed by atoms with Gasteiger partial charge >= 0.3 is 0 Å². The van der Waals surface area contributed by atoms with E-state index in [0.29, 0.717) is 24.8 Å². The van der Waals surface area contributed by atoms with Crippen LogP contribution in [0, 0.1) is 12.8 Å². The fourth-order valence-electron chi connectivity index (χ4n) is 2.88. The minimum atomic E-state index is -3.50. The Morgan fingerprint density at radius 1 is 1.32 bits per heavy atom. The lowest BCUT2D eigenvalue weighted by atomic mass is 10.0. The normalized spacial score (nSPS) is 16.9. The predicted molar refractivity (Wildman–Crippen MR) is 102 cm³/mol. The van der Waals surface area contributed by atoms with Crippen molar-refractivity contribution in [2.75, 3.05) is 26.0 Å².